The lowest BCUT2D eigenvalue weighted by atomic mass is 10.00. The van der Waals surface area contributed by atoms with Gasteiger partial charge in [0.1, 0.15) is 5.82 Å². The van der Waals surface area contributed by atoms with Crippen molar-refractivity contribution in [2.75, 3.05) is 11.1 Å². The number of aryl methyl sites for hydroxylation is 2. The quantitative estimate of drug-likeness (QED) is 0.825. The number of anilines is 2. The summed E-state index contributed by atoms with van der Waals surface area (Å²) in [7, 11) is 1.94. The summed E-state index contributed by atoms with van der Waals surface area (Å²) < 4.78 is 1.84. The van der Waals surface area contributed by atoms with Crippen molar-refractivity contribution in [3.8, 4) is 0 Å². The van der Waals surface area contributed by atoms with Gasteiger partial charge in [0.05, 0.1) is 11.4 Å². The molecule has 1 fully saturated rings. The Morgan fingerprint density at radius 2 is 2.06 bits per heavy atom. The normalized spacial score (nSPS) is 18.9. The predicted octanol–water partition coefficient (Wildman–Crippen LogP) is 2.30. The van der Waals surface area contributed by atoms with E-state index < -0.39 is 0 Å². The van der Waals surface area contributed by atoms with E-state index in [-0.39, 0.29) is 0 Å². The summed E-state index contributed by atoms with van der Waals surface area (Å²) in [5.41, 5.74) is 7.70. The number of nitrogens with zero attached hydrogens (tertiary/aromatic N) is 2. The van der Waals surface area contributed by atoms with Crippen LogP contribution in [-0.4, -0.2) is 15.8 Å². The number of nitrogens with two attached hydrogens (primary N) is 1. The molecular formula is C12H22N4. The van der Waals surface area contributed by atoms with E-state index in [0.717, 1.165) is 23.1 Å². The van der Waals surface area contributed by atoms with Gasteiger partial charge >= 0.3 is 0 Å². The third kappa shape index (κ3) is 2.01. The van der Waals surface area contributed by atoms with E-state index >= 15 is 0 Å². The molecule has 0 aliphatic heterocycles. The molecule has 2 rings (SSSR count). The molecule has 1 aromatic heterocycles. The van der Waals surface area contributed by atoms with Crippen molar-refractivity contribution in [1.82, 2.24) is 9.78 Å². The lowest BCUT2D eigenvalue weighted by Crippen LogP contribution is -2.25. The Kier molecular flexibility index (Phi) is 3.08. The number of aromatic nitrogens is 2. The molecule has 16 heavy (non-hydrogen) atoms. The standard InChI is InChI=1S/C12H22N4/c1-8(10-6-4-5-7-10)14-12-11(13)9(2)15-16(12)3/h8,10,14H,4-7,13H2,1-3H3. The second-order valence-corrected chi connectivity index (χ2v) is 4.95. The summed E-state index contributed by atoms with van der Waals surface area (Å²) in [6, 6.07) is 0.486. The largest absolute Gasteiger partial charge is 0.394 e. The molecule has 4 nitrogen and oxygen atoms in total. The van der Waals surface area contributed by atoms with Crippen molar-refractivity contribution in [2.24, 2.45) is 13.0 Å². The Balaban J connectivity index is 2.07. The molecule has 1 heterocycles. The molecule has 0 radical (unpaired) electrons. The van der Waals surface area contributed by atoms with E-state index in [1.54, 1.807) is 0 Å². The van der Waals surface area contributed by atoms with Gasteiger partial charge in [0.2, 0.25) is 0 Å². The van der Waals surface area contributed by atoms with Crippen molar-refractivity contribution in [2.45, 2.75) is 45.6 Å². The van der Waals surface area contributed by atoms with E-state index in [1.165, 1.54) is 25.7 Å². The molecule has 0 aromatic carbocycles. The van der Waals surface area contributed by atoms with Crippen molar-refractivity contribution >= 4 is 11.5 Å². The fourth-order valence-electron chi connectivity index (χ4n) is 2.64. The highest BCUT2D eigenvalue weighted by molar-refractivity contribution is 5.64. The fourth-order valence-corrected chi connectivity index (χ4v) is 2.64. The number of hydrogen-bond donors (Lipinski definition) is 2. The van der Waals surface area contributed by atoms with Gasteiger partial charge in [0, 0.05) is 13.1 Å². The minimum absolute atomic E-state index is 0.486. The number of rotatable bonds is 3. The SMILES string of the molecule is Cc1nn(C)c(NC(C)C2CCCC2)c1N. The highest BCUT2D eigenvalue weighted by Crippen LogP contribution is 2.30. The summed E-state index contributed by atoms with van der Waals surface area (Å²) >= 11 is 0. The van der Waals surface area contributed by atoms with Crippen LogP contribution in [0.5, 0.6) is 0 Å². The molecule has 0 amide bonds. The van der Waals surface area contributed by atoms with Gasteiger partial charge in [-0.1, -0.05) is 12.8 Å². The van der Waals surface area contributed by atoms with Crippen molar-refractivity contribution in [3.05, 3.63) is 5.69 Å². The van der Waals surface area contributed by atoms with Crippen LogP contribution in [0.4, 0.5) is 11.5 Å². The molecule has 0 bridgehead atoms. The topological polar surface area (TPSA) is 55.9 Å². The molecule has 4 heteroatoms. The third-order valence-corrected chi connectivity index (χ3v) is 3.74. The average Bonchev–Trinajstić information content (AvgIpc) is 2.83. The van der Waals surface area contributed by atoms with Gasteiger partial charge in [-0.2, -0.15) is 5.10 Å². The van der Waals surface area contributed by atoms with Crippen LogP contribution in [-0.2, 0) is 7.05 Å². The Morgan fingerprint density at radius 3 is 2.56 bits per heavy atom. The lowest BCUT2D eigenvalue weighted by Gasteiger charge is -2.21. The van der Waals surface area contributed by atoms with Crippen molar-refractivity contribution < 1.29 is 0 Å². The average molecular weight is 222 g/mol. The zero-order valence-electron chi connectivity index (χ0n) is 10.5. The van der Waals surface area contributed by atoms with Crippen molar-refractivity contribution in [1.29, 1.82) is 0 Å². The molecule has 90 valence electrons. The zero-order valence-corrected chi connectivity index (χ0v) is 10.5. The van der Waals surface area contributed by atoms with E-state index in [1.807, 2.05) is 18.7 Å². The first-order valence-electron chi connectivity index (χ1n) is 6.15. The Bertz CT molecular complexity index is 363. The molecule has 3 N–H and O–H groups in total. The molecule has 0 spiro atoms. The van der Waals surface area contributed by atoms with E-state index in [9.17, 15) is 0 Å². The number of hydrogen-bond acceptors (Lipinski definition) is 3. The lowest BCUT2D eigenvalue weighted by molar-refractivity contribution is 0.479. The second-order valence-electron chi connectivity index (χ2n) is 4.95. The highest BCUT2D eigenvalue weighted by Gasteiger charge is 2.23. The molecule has 1 unspecified atom stereocenters. The van der Waals surface area contributed by atoms with Crippen LogP contribution in [0.2, 0.25) is 0 Å². The molecule has 0 saturated heterocycles. The van der Waals surface area contributed by atoms with Gasteiger partial charge in [-0.25, -0.2) is 0 Å². The van der Waals surface area contributed by atoms with E-state index in [0.29, 0.717) is 6.04 Å². The molecule has 1 aliphatic rings. The molecule has 1 aliphatic carbocycles. The third-order valence-electron chi connectivity index (χ3n) is 3.74. The maximum Gasteiger partial charge on any atom is 0.147 e. The van der Waals surface area contributed by atoms with Crippen LogP contribution in [0, 0.1) is 12.8 Å². The Hall–Kier alpha value is -1.19. The minimum atomic E-state index is 0.486. The molecule has 1 atom stereocenters. The van der Waals surface area contributed by atoms with Gasteiger partial charge in [-0.15, -0.1) is 0 Å². The minimum Gasteiger partial charge on any atom is -0.394 e. The highest BCUT2D eigenvalue weighted by atomic mass is 15.3. The maximum atomic E-state index is 6.00. The predicted molar refractivity (Wildman–Crippen MR) is 67.4 cm³/mol. The second kappa shape index (κ2) is 4.36. The van der Waals surface area contributed by atoms with Crippen LogP contribution < -0.4 is 11.1 Å². The van der Waals surface area contributed by atoms with E-state index in [2.05, 4.69) is 17.3 Å². The van der Waals surface area contributed by atoms with Gasteiger partial charge in [0.25, 0.3) is 0 Å². The van der Waals surface area contributed by atoms with Gasteiger partial charge in [-0.3, -0.25) is 4.68 Å². The molecule has 1 saturated carbocycles. The first-order chi connectivity index (χ1) is 7.59. The van der Waals surface area contributed by atoms with Crippen LogP contribution in [0.1, 0.15) is 38.3 Å². The van der Waals surface area contributed by atoms with Crippen LogP contribution in [0.25, 0.3) is 0 Å². The summed E-state index contributed by atoms with van der Waals surface area (Å²) in [6.07, 6.45) is 5.42. The summed E-state index contributed by atoms with van der Waals surface area (Å²) in [6.45, 7) is 4.19. The summed E-state index contributed by atoms with van der Waals surface area (Å²) in [5.74, 6) is 1.76. The van der Waals surface area contributed by atoms with Crippen LogP contribution in [0.3, 0.4) is 0 Å². The first-order valence-corrected chi connectivity index (χ1v) is 6.15. The maximum absolute atomic E-state index is 6.00. The summed E-state index contributed by atoms with van der Waals surface area (Å²) in [5, 5.41) is 7.84. The fraction of sp³-hybridized carbons (Fsp3) is 0.750. The smallest absolute Gasteiger partial charge is 0.147 e. The molecule has 1 aromatic rings. The van der Waals surface area contributed by atoms with E-state index in [4.69, 9.17) is 5.73 Å². The number of nitrogens with one attached hydrogen (secondary N) is 1. The monoisotopic (exact) mass is 222 g/mol. The Morgan fingerprint density at radius 1 is 1.44 bits per heavy atom. The van der Waals surface area contributed by atoms with Gasteiger partial charge < -0.3 is 11.1 Å². The van der Waals surface area contributed by atoms with Gasteiger partial charge in [0.15, 0.2) is 0 Å². The number of nitrogen functional groups attached to an aromatic ring is 1. The Labute approximate surface area is 97.2 Å². The summed E-state index contributed by atoms with van der Waals surface area (Å²) in [4.78, 5) is 0. The van der Waals surface area contributed by atoms with Gasteiger partial charge in [-0.05, 0) is 32.6 Å². The zero-order chi connectivity index (χ0) is 11.7. The van der Waals surface area contributed by atoms with Crippen LogP contribution in [0.15, 0.2) is 0 Å². The molecular weight excluding hydrogens is 200 g/mol. The van der Waals surface area contributed by atoms with Crippen LogP contribution >= 0.6 is 0 Å². The first kappa shape index (κ1) is 11.3. The van der Waals surface area contributed by atoms with Crippen molar-refractivity contribution in [3.63, 3.8) is 0 Å².